The number of rotatable bonds is 4. The number of ether oxygens (including phenoxy) is 1. The van der Waals surface area contributed by atoms with Gasteiger partial charge in [-0.05, 0) is 113 Å². The summed E-state index contributed by atoms with van der Waals surface area (Å²) in [6.07, 6.45) is 11.1. The molecule has 8 aliphatic carbocycles. The minimum Gasteiger partial charge on any atom is -0.481 e. The summed E-state index contributed by atoms with van der Waals surface area (Å²) in [5.74, 6) is 3.71. The van der Waals surface area contributed by atoms with Gasteiger partial charge in [0, 0.05) is 12.5 Å². The van der Waals surface area contributed by atoms with E-state index in [2.05, 4.69) is 0 Å². The van der Waals surface area contributed by atoms with E-state index in [1.165, 1.54) is 32.8 Å². The molecule has 8 aliphatic rings. The average Bonchev–Trinajstić information content (AvgIpc) is 2.73. The molecule has 0 aromatic carbocycles. The number of methoxy groups -OCH3 is 1. The lowest BCUT2D eigenvalue weighted by Crippen LogP contribution is -2.59. The Bertz CT molecular complexity index is 783. The minimum atomic E-state index is -0.585. The van der Waals surface area contributed by atoms with E-state index in [0.717, 1.165) is 44.4 Å². The van der Waals surface area contributed by atoms with Crippen molar-refractivity contribution in [2.24, 2.45) is 58.0 Å². The number of carboxylic acid groups (broad SMARTS) is 1. The zero-order chi connectivity index (χ0) is 22.8. The Balaban J connectivity index is 0.000000153. The van der Waals surface area contributed by atoms with Crippen LogP contribution < -0.4 is 5.73 Å². The minimum absolute atomic E-state index is 0. The second kappa shape index (κ2) is 8.82. The van der Waals surface area contributed by atoms with Crippen LogP contribution in [0.2, 0.25) is 0 Å². The molecule has 8 unspecified atom stereocenters. The Kier molecular flexibility index (Phi) is 6.67. The second-order valence-corrected chi connectivity index (χ2v) is 12.4. The molecule has 0 heterocycles. The number of carboxylic acids is 1. The Morgan fingerprint density at radius 2 is 1.30 bits per heavy atom. The number of ketones is 1. The van der Waals surface area contributed by atoms with Crippen LogP contribution in [0.4, 0.5) is 0 Å². The van der Waals surface area contributed by atoms with Crippen LogP contribution in [0, 0.1) is 52.3 Å². The lowest BCUT2D eigenvalue weighted by atomic mass is 9.45. The van der Waals surface area contributed by atoms with Gasteiger partial charge in [-0.3, -0.25) is 9.59 Å². The van der Waals surface area contributed by atoms with Crippen LogP contribution in [0.15, 0.2) is 0 Å². The molecular formula is C26H40ClNO5. The smallest absolute Gasteiger partial charge is 0.311 e. The van der Waals surface area contributed by atoms with E-state index in [9.17, 15) is 19.5 Å². The number of hydrogen-bond acceptors (Lipinski definition) is 5. The molecule has 3 N–H and O–H groups in total. The first-order valence-electron chi connectivity index (χ1n) is 12.7. The number of carbonyl (C=O) groups is 3. The Morgan fingerprint density at radius 1 is 0.848 bits per heavy atom. The number of Topliss-reactive ketones (excluding diaryl/α,β-unsaturated/α-hetero) is 1. The number of carbonyl (C=O) groups excluding carboxylic acids is 2. The van der Waals surface area contributed by atoms with Gasteiger partial charge in [-0.25, -0.2) is 0 Å². The summed E-state index contributed by atoms with van der Waals surface area (Å²) in [5.41, 5.74) is 5.64. The standard InChI is InChI=1S/C14H20O3.C12H19NO2.ClH/c1-8(15)2-12-10-3-9-4-11(12)7-14(5-9,6-10)13(16)17;1-15-11(14)12-4-7-2-8(5-12)10(13)9(3-7)6-12;/h9-12H,2-7H2,1H3,(H,16,17);7-10H,2-6,13H2,1H3;1H/t9?,10-,11?,12?,14?;7?,8-,9?,10?,12?;/m11./s1. The van der Waals surface area contributed by atoms with E-state index in [4.69, 9.17) is 10.5 Å². The molecule has 10 atom stereocenters. The van der Waals surface area contributed by atoms with E-state index < -0.39 is 11.4 Å². The summed E-state index contributed by atoms with van der Waals surface area (Å²) in [7, 11) is 1.51. The van der Waals surface area contributed by atoms with Crippen LogP contribution in [0.1, 0.15) is 77.6 Å². The monoisotopic (exact) mass is 481 g/mol. The highest BCUT2D eigenvalue weighted by molar-refractivity contribution is 5.85. The molecular weight excluding hydrogens is 442 g/mol. The maximum atomic E-state index is 11.9. The van der Waals surface area contributed by atoms with Crippen molar-refractivity contribution < 1.29 is 24.2 Å². The van der Waals surface area contributed by atoms with Crippen molar-refractivity contribution in [3.63, 3.8) is 0 Å². The molecule has 0 aromatic rings. The van der Waals surface area contributed by atoms with E-state index in [1.54, 1.807) is 6.92 Å². The van der Waals surface area contributed by atoms with Crippen LogP contribution in [-0.4, -0.2) is 36.0 Å². The van der Waals surface area contributed by atoms with Gasteiger partial charge >= 0.3 is 11.9 Å². The van der Waals surface area contributed by atoms with Crippen molar-refractivity contribution in [3.05, 3.63) is 0 Å². The number of halogens is 1. The molecule has 6 nitrogen and oxygen atoms in total. The van der Waals surface area contributed by atoms with E-state index in [1.807, 2.05) is 0 Å². The van der Waals surface area contributed by atoms with Crippen molar-refractivity contribution in [2.75, 3.05) is 7.11 Å². The summed E-state index contributed by atoms with van der Waals surface area (Å²) in [4.78, 5) is 34.8. The second-order valence-electron chi connectivity index (χ2n) is 12.4. The van der Waals surface area contributed by atoms with Gasteiger partial charge in [-0.15, -0.1) is 12.4 Å². The fraction of sp³-hybridized carbons (Fsp3) is 0.885. The third kappa shape index (κ3) is 4.13. The number of esters is 1. The lowest BCUT2D eigenvalue weighted by molar-refractivity contribution is -0.171. The van der Waals surface area contributed by atoms with Crippen LogP contribution in [0.5, 0.6) is 0 Å². The molecule has 8 rings (SSSR count). The molecule has 0 aliphatic heterocycles. The first-order chi connectivity index (χ1) is 15.1. The molecule has 7 heteroatoms. The van der Waals surface area contributed by atoms with Gasteiger partial charge in [-0.1, -0.05) is 0 Å². The molecule has 0 amide bonds. The number of aliphatic carboxylic acids is 1. The molecule has 0 saturated heterocycles. The van der Waals surface area contributed by atoms with Crippen LogP contribution in [-0.2, 0) is 19.1 Å². The summed E-state index contributed by atoms with van der Waals surface area (Å²) >= 11 is 0. The summed E-state index contributed by atoms with van der Waals surface area (Å²) in [5, 5.41) is 9.48. The highest BCUT2D eigenvalue weighted by atomic mass is 35.5. The zero-order valence-corrected chi connectivity index (χ0v) is 20.8. The van der Waals surface area contributed by atoms with Gasteiger partial charge < -0.3 is 20.4 Å². The lowest BCUT2D eigenvalue weighted by Gasteiger charge is -2.58. The van der Waals surface area contributed by atoms with Gasteiger partial charge in [0.05, 0.1) is 17.9 Å². The van der Waals surface area contributed by atoms with Crippen LogP contribution in [0.3, 0.4) is 0 Å². The van der Waals surface area contributed by atoms with Gasteiger partial charge in [0.1, 0.15) is 5.78 Å². The largest absolute Gasteiger partial charge is 0.481 e. The van der Waals surface area contributed by atoms with E-state index in [0.29, 0.717) is 48.0 Å². The van der Waals surface area contributed by atoms with Crippen molar-refractivity contribution in [3.8, 4) is 0 Å². The third-order valence-corrected chi connectivity index (χ3v) is 10.4. The maximum absolute atomic E-state index is 11.9. The molecule has 33 heavy (non-hydrogen) atoms. The average molecular weight is 482 g/mol. The van der Waals surface area contributed by atoms with Crippen molar-refractivity contribution in [1.29, 1.82) is 0 Å². The summed E-state index contributed by atoms with van der Waals surface area (Å²) in [6, 6.07) is 0.347. The predicted molar refractivity (Wildman–Crippen MR) is 126 cm³/mol. The normalized spacial score (nSPS) is 47.8. The van der Waals surface area contributed by atoms with Gasteiger partial charge in [-0.2, -0.15) is 0 Å². The topological polar surface area (TPSA) is 107 Å². The summed E-state index contributed by atoms with van der Waals surface area (Å²) < 4.78 is 4.99. The first-order valence-corrected chi connectivity index (χ1v) is 12.7. The van der Waals surface area contributed by atoms with Crippen molar-refractivity contribution in [2.45, 2.75) is 83.6 Å². The maximum Gasteiger partial charge on any atom is 0.311 e. The van der Waals surface area contributed by atoms with E-state index in [-0.39, 0.29) is 29.6 Å². The highest BCUT2D eigenvalue weighted by Crippen LogP contribution is 2.63. The Labute approximate surface area is 203 Å². The predicted octanol–water partition coefficient (Wildman–Crippen LogP) is 4.23. The first kappa shape index (κ1) is 25.0. The van der Waals surface area contributed by atoms with Crippen molar-refractivity contribution >= 4 is 30.1 Å². The molecule has 8 bridgehead atoms. The van der Waals surface area contributed by atoms with Gasteiger partial charge in [0.25, 0.3) is 0 Å². The zero-order valence-electron chi connectivity index (χ0n) is 20.0. The SMILES string of the molecule is CC(=O)CC1C2CC3C[C@@H]1CC(C(=O)O)(C3)C2.COC(=O)C12CC3CC(C1)C(N)[C@H](C3)C2.Cl. The highest BCUT2D eigenvalue weighted by Gasteiger charge is 2.59. The van der Waals surface area contributed by atoms with Crippen LogP contribution >= 0.6 is 12.4 Å². The van der Waals surface area contributed by atoms with E-state index >= 15 is 0 Å². The number of nitrogens with two attached hydrogens (primary N) is 1. The van der Waals surface area contributed by atoms with Crippen molar-refractivity contribution in [1.82, 2.24) is 0 Å². The molecule has 0 spiro atoms. The fourth-order valence-corrected chi connectivity index (χ4v) is 9.59. The fourth-order valence-electron chi connectivity index (χ4n) is 9.59. The molecule has 8 fully saturated rings. The van der Waals surface area contributed by atoms with Crippen LogP contribution in [0.25, 0.3) is 0 Å². The quantitative estimate of drug-likeness (QED) is 0.582. The summed E-state index contributed by atoms with van der Waals surface area (Å²) in [6.45, 7) is 1.66. The molecule has 186 valence electrons. The third-order valence-electron chi connectivity index (χ3n) is 10.4. The Morgan fingerprint density at radius 3 is 1.76 bits per heavy atom. The van der Waals surface area contributed by atoms with Gasteiger partial charge in [0.2, 0.25) is 0 Å². The number of hydrogen-bond donors (Lipinski definition) is 2. The Hall–Kier alpha value is -1.14. The molecule has 0 radical (unpaired) electrons. The molecule has 8 saturated carbocycles. The molecule has 0 aromatic heterocycles. The van der Waals surface area contributed by atoms with Gasteiger partial charge in [0.15, 0.2) is 0 Å².